The number of fused-ring (bicyclic) bond motifs is 1. The van der Waals surface area contributed by atoms with Crippen LogP contribution in [-0.4, -0.2) is 40.1 Å². The van der Waals surface area contributed by atoms with Gasteiger partial charge in [-0.15, -0.1) is 0 Å². The summed E-state index contributed by atoms with van der Waals surface area (Å²) >= 11 is 0. The van der Waals surface area contributed by atoms with E-state index in [4.69, 9.17) is 4.98 Å². The molecule has 1 atom stereocenters. The van der Waals surface area contributed by atoms with E-state index in [2.05, 4.69) is 20.2 Å². The molecule has 1 N–H and O–H groups in total. The number of benzene rings is 2. The van der Waals surface area contributed by atoms with Crippen molar-refractivity contribution in [2.45, 2.75) is 39.4 Å². The van der Waals surface area contributed by atoms with Crippen LogP contribution in [-0.2, 0) is 6.18 Å². The monoisotopic (exact) mass is 546 g/mol. The van der Waals surface area contributed by atoms with Gasteiger partial charge < -0.3 is 4.90 Å². The van der Waals surface area contributed by atoms with Crippen molar-refractivity contribution >= 4 is 23.5 Å². The fraction of sp³-hybridized carbons (Fsp3) is 0.267. The molecule has 2 aromatic heterocycles. The van der Waals surface area contributed by atoms with Gasteiger partial charge in [-0.25, -0.2) is 19.7 Å². The van der Waals surface area contributed by atoms with Gasteiger partial charge in [-0.1, -0.05) is 42.5 Å². The number of carbonyl (C=O) groups excluding carboxylic acids is 1. The van der Waals surface area contributed by atoms with Crippen LogP contribution in [0.25, 0.3) is 22.5 Å². The predicted octanol–water partition coefficient (Wildman–Crippen LogP) is 7.19. The number of hydrogen-bond acceptors (Lipinski definition) is 5. The Bertz CT molecular complexity index is 1530. The van der Waals surface area contributed by atoms with Gasteiger partial charge in [0, 0.05) is 36.5 Å². The number of alkyl halides is 3. The zero-order valence-electron chi connectivity index (χ0n) is 22.4. The van der Waals surface area contributed by atoms with E-state index >= 15 is 0 Å². The highest BCUT2D eigenvalue weighted by molar-refractivity contribution is 6.03. The topological polar surface area (TPSA) is 74.2 Å². The maximum atomic E-state index is 13.8. The molecule has 0 saturated heterocycles. The van der Waals surface area contributed by atoms with Crippen LogP contribution in [0.1, 0.15) is 31.4 Å². The summed E-state index contributed by atoms with van der Waals surface area (Å²) in [6.45, 7) is 7.21. The summed E-state index contributed by atoms with van der Waals surface area (Å²) in [5, 5.41) is 2.83. The highest BCUT2D eigenvalue weighted by atomic mass is 19.4. The molecular weight excluding hydrogens is 517 g/mol. The Hall–Kier alpha value is -4.47. The fourth-order valence-corrected chi connectivity index (χ4v) is 4.85. The Morgan fingerprint density at radius 3 is 2.50 bits per heavy atom. The van der Waals surface area contributed by atoms with E-state index < -0.39 is 17.8 Å². The Morgan fingerprint density at radius 1 is 1.02 bits per heavy atom. The summed E-state index contributed by atoms with van der Waals surface area (Å²) in [5.74, 6) is 0.517. The highest BCUT2D eigenvalue weighted by Gasteiger charge is 2.33. The van der Waals surface area contributed by atoms with Gasteiger partial charge in [0.2, 0.25) is 5.95 Å². The molecule has 0 spiro atoms. The molecule has 1 aliphatic rings. The van der Waals surface area contributed by atoms with Crippen LogP contribution in [0.2, 0.25) is 0 Å². The Kier molecular flexibility index (Phi) is 7.42. The van der Waals surface area contributed by atoms with Crippen molar-refractivity contribution in [2.24, 2.45) is 0 Å². The summed E-state index contributed by atoms with van der Waals surface area (Å²) in [4.78, 5) is 31.1. The zero-order chi connectivity index (χ0) is 28.4. The molecule has 2 aromatic carbocycles. The first-order valence-electron chi connectivity index (χ1n) is 13.1. The molecule has 10 heteroatoms. The van der Waals surface area contributed by atoms with Gasteiger partial charge in [0.15, 0.2) is 5.82 Å². The highest BCUT2D eigenvalue weighted by Crippen LogP contribution is 2.37. The van der Waals surface area contributed by atoms with E-state index in [0.29, 0.717) is 42.3 Å². The summed E-state index contributed by atoms with van der Waals surface area (Å²) in [6, 6.07) is 17.4. The second-order valence-electron chi connectivity index (χ2n) is 9.73. The first-order chi connectivity index (χ1) is 19.2. The molecule has 0 bridgehead atoms. The van der Waals surface area contributed by atoms with E-state index in [-0.39, 0.29) is 12.0 Å². The van der Waals surface area contributed by atoms with Crippen molar-refractivity contribution in [3.8, 4) is 22.5 Å². The average molecular weight is 547 g/mol. The number of nitrogens with one attached hydrogen (secondary N) is 1. The number of nitrogens with zero attached hydrogens (tertiary/aromatic N) is 5. The van der Waals surface area contributed by atoms with Crippen LogP contribution in [0.3, 0.4) is 0 Å². The molecule has 1 aliphatic heterocycles. The van der Waals surface area contributed by atoms with E-state index in [1.807, 2.05) is 57.2 Å². The number of amides is 2. The number of aromatic nitrogens is 3. The molecule has 3 heterocycles. The van der Waals surface area contributed by atoms with Crippen molar-refractivity contribution in [2.75, 3.05) is 28.2 Å². The number of pyridine rings is 1. The molecule has 206 valence electrons. The van der Waals surface area contributed by atoms with Crippen LogP contribution in [0.4, 0.5) is 35.4 Å². The summed E-state index contributed by atoms with van der Waals surface area (Å²) in [7, 11) is 0. The van der Waals surface area contributed by atoms with E-state index in [9.17, 15) is 18.0 Å². The molecule has 40 heavy (non-hydrogen) atoms. The van der Waals surface area contributed by atoms with Gasteiger partial charge in [-0.05, 0) is 57.0 Å². The molecular formula is C30H29F3N6O. The molecule has 7 nitrogen and oxygen atoms in total. The minimum Gasteiger partial charge on any atom is -0.369 e. The van der Waals surface area contributed by atoms with Crippen LogP contribution in [0.5, 0.6) is 0 Å². The molecule has 0 fully saturated rings. The van der Waals surface area contributed by atoms with E-state index in [1.54, 1.807) is 23.2 Å². The maximum absolute atomic E-state index is 13.8. The normalized spacial score (nSPS) is 15.4. The van der Waals surface area contributed by atoms with Gasteiger partial charge in [0.25, 0.3) is 0 Å². The third-order valence-corrected chi connectivity index (χ3v) is 7.00. The lowest BCUT2D eigenvalue weighted by atomic mass is 10.1. The lowest BCUT2D eigenvalue weighted by Gasteiger charge is -2.28. The van der Waals surface area contributed by atoms with Gasteiger partial charge in [-0.3, -0.25) is 10.2 Å². The zero-order valence-corrected chi connectivity index (χ0v) is 22.4. The van der Waals surface area contributed by atoms with Crippen LogP contribution in [0.15, 0.2) is 72.9 Å². The Morgan fingerprint density at radius 2 is 1.77 bits per heavy atom. The minimum atomic E-state index is -4.48. The first kappa shape index (κ1) is 27.1. The first-order valence-corrected chi connectivity index (χ1v) is 13.1. The van der Waals surface area contributed by atoms with Crippen molar-refractivity contribution < 1.29 is 18.0 Å². The molecule has 0 unspecified atom stereocenters. The predicted molar refractivity (Wildman–Crippen MR) is 150 cm³/mol. The summed E-state index contributed by atoms with van der Waals surface area (Å²) in [5.41, 5.74) is 3.09. The number of aryl methyl sites for hydroxylation is 1. The standard InChI is InChI=1S/C30H29F3N6O/c1-4-38-16-15-20(3)39(29(40)37-28-34-18-19(2)26(36-28)21-9-6-5-7-10-21)27-25(38)14-13-24(35-27)22-11-8-12-23(17-22)30(31,32)33/h5-14,17-18,20H,4,15-16H2,1-3H3,(H,34,36,37,40)/t20-/m1/s1. The SMILES string of the molecule is CCN1CC[C@@H](C)N(C(=O)Nc2ncc(C)c(-c3ccccc3)n2)c2nc(-c3cccc(C(F)(F)F)c3)ccc21. The third-order valence-electron chi connectivity index (χ3n) is 7.00. The van der Waals surface area contributed by atoms with Crippen LogP contribution in [0, 0.1) is 6.92 Å². The van der Waals surface area contributed by atoms with Gasteiger partial charge in [0.05, 0.1) is 22.6 Å². The van der Waals surface area contributed by atoms with Crippen molar-refractivity contribution in [1.29, 1.82) is 0 Å². The number of rotatable bonds is 4. The number of hydrogen-bond donors (Lipinski definition) is 1. The van der Waals surface area contributed by atoms with Crippen molar-refractivity contribution in [1.82, 2.24) is 15.0 Å². The molecule has 4 aromatic rings. The maximum Gasteiger partial charge on any atom is 0.416 e. The van der Waals surface area contributed by atoms with E-state index in [1.165, 1.54) is 6.07 Å². The van der Waals surface area contributed by atoms with Crippen molar-refractivity contribution in [3.63, 3.8) is 0 Å². The number of urea groups is 1. The molecule has 0 radical (unpaired) electrons. The smallest absolute Gasteiger partial charge is 0.369 e. The molecule has 0 saturated carbocycles. The van der Waals surface area contributed by atoms with Gasteiger partial charge >= 0.3 is 12.2 Å². The third kappa shape index (κ3) is 5.47. The molecule has 0 aliphatic carbocycles. The minimum absolute atomic E-state index is 0.147. The molecule has 5 rings (SSSR count). The van der Waals surface area contributed by atoms with E-state index in [0.717, 1.165) is 28.9 Å². The van der Waals surface area contributed by atoms with Crippen LogP contribution < -0.4 is 15.1 Å². The number of carbonyl (C=O) groups is 1. The summed E-state index contributed by atoms with van der Waals surface area (Å²) in [6.07, 6.45) is -2.15. The average Bonchev–Trinajstić information content (AvgIpc) is 3.09. The fourth-order valence-electron chi connectivity index (χ4n) is 4.85. The van der Waals surface area contributed by atoms with Crippen molar-refractivity contribution in [3.05, 3.63) is 84.1 Å². The lowest BCUT2D eigenvalue weighted by molar-refractivity contribution is -0.137. The quantitative estimate of drug-likeness (QED) is 0.293. The second kappa shape index (κ2) is 11.0. The Balaban J connectivity index is 1.53. The Labute approximate surface area is 230 Å². The second-order valence-corrected chi connectivity index (χ2v) is 9.73. The lowest BCUT2D eigenvalue weighted by Crippen LogP contribution is -2.42. The number of halogens is 3. The largest absolute Gasteiger partial charge is 0.416 e. The molecule has 2 amide bonds. The van der Waals surface area contributed by atoms with Gasteiger partial charge in [0.1, 0.15) is 0 Å². The van der Waals surface area contributed by atoms with Crippen LogP contribution >= 0.6 is 0 Å². The summed E-state index contributed by atoms with van der Waals surface area (Å²) < 4.78 is 40.2. The number of anilines is 3. The van der Waals surface area contributed by atoms with Gasteiger partial charge in [-0.2, -0.15) is 13.2 Å².